The van der Waals surface area contributed by atoms with Gasteiger partial charge in [0.2, 0.25) is 5.91 Å². The second-order valence-corrected chi connectivity index (χ2v) is 9.46. The largest absolute Gasteiger partial charge is 0.381 e. The third-order valence-electron chi connectivity index (χ3n) is 6.49. The molecule has 1 aliphatic heterocycles. The van der Waals surface area contributed by atoms with Crippen LogP contribution in [0.3, 0.4) is 0 Å². The highest BCUT2D eigenvalue weighted by Gasteiger charge is 2.33. The number of carbonyl (C=O) groups is 1. The number of aromatic nitrogens is 2. The van der Waals surface area contributed by atoms with Crippen LogP contribution in [0.2, 0.25) is 0 Å². The van der Waals surface area contributed by atoms with E-state index in [0.29, 0.717) is 11.9 Å². The summed E-state index contributed by atoms with van der Waals surface area (Å²) in [4.78, 5) is 37.5. The van der Waals surface area contributed by atoms with E-state index in [-0.39, 0.29) is 29.4 Å². The van der Waals surface area contributed by atoms with Crippen LogP contribution in [-0.2, 0) is 9.53 Å². The standard InChI is InChI=1S/C21H29N3O3S/c1-12-13(2)28-20-17(12)19(25)22-18(23-20)15-7-5-9-24(11-15)21(26)14-6-4-8-16(10-14)27-3/h14-16H,4-11H2,1-3H3,(H,22,23,25)/t14-,15-,16-/m1/s1. The Hall–Kier alpha value is -1.73. The van der Waals surface area contributed by atoms with E-state index in [0.717, 1.165) is 66.2 Å². The maximum atomic E-state index is 13.1. The fourth-order valence-corrected chi connectivity index (χ4v) is 5.74. The SMILES string of the molecule is CO[C@@H]1CCC[C@@H](C(=O)N2CCC[C@@H](c3nc4sc(C)c(C)c4c(=O)[nH]3)C2)C1. The van der Waals surface area contributed by atoms with Gasteiger partial charge in [-0.05, 0) is 51.5 Å². The van der Waals surface area contributed by atoms with E-state index in [1.807, 2.05) is 18.7 Å². The summed E-state index contributed by atoms with van der Waals surface area (Å²) in [5.74, 6) is 1.14. The number of likely N-dealkylation sites (tertiary alicyclic amines) is 1. The van der Waals surface area contributed by atoms with Gasteiger partial charge in [0.15, 0.2) is 0 Å². The van der Waals surface area contributed by atoms with Gasteiger partial charge in [-0.3, -0.25) is 9.59 Å². The number of piperidine rings is 1. The molecule has 0 spiro atoms. The third kappa shape index (κ3) is 3.62. The fourth-order valence-electron chi connectivity index (χ4n) is 4.71. The molecule has 0 unspecified atom stereocenters. The first-order valence-electron chi connectivity index (χ1n) is 10.3. The predicted octanol–water partition coefficient (Wildman–Crippen LogP) is 3.51. The fraction of sp³-hybridized carbons (Fsp3) is 0.667. The molecular weight excluding hydrogens is 374 g/mol. The second-order valence-electron chi connectivity index (χ2n) is 8.26. The zero-order valence-corrected chi connectivity index (χ0v) is 17.7. The van der Waals surface area contributed by atoms with Gasteiger partial charge in [-0.25, -0.2) is 4.98 Å². The van der Waals surface area contributed by atoms with Crippen LogP contribution in [0.15, 0.2) is 4.79 Å². The highest BCUT2D eigenvalue weighted by atomic mass is 32.1. The monoisotopic (exact) mass is 403 g/mol. The molecule has 0 radical (unpaired) electrons. The molecule has 2 fully saturated rings. The summed E-state index contributed by atoms with van der Waals surface area (Å²) in [7, 11) is 1.74. The minimum atomic E-state index is -0.0551. The highest BCUT2D eigenvalue weighted by molar-refractivity contribution is 7.18. The lowest BCUT2D eigenvalue weighted by Gasteiger charge is -2.36. The van der Waals surface area contributed by atoms with Gasteiger partial charge in [0.1, 0.15) is 10.7 Å². The molecule has 7 heteroatoms. The molecule has 4 rings (SSSR count). The summed E-state index contributed by atoms with van der Waals surface area (Å²) in [6.07, 6.45) is 5.98. The number of aromatic amines is 1. The molecule has 2 aromatic rings. The number of hydrogen-bond donors (Lipinski definition) is 1. The Balaban J connectivity index is 1.53. The molecule has 152 valence electrons. The Morgan fingerprint density at radius 2 is 2.07 bits per heavy atom. The van der Waals surface area contributed by atoms with Crippen LogP contribution in [-0.4, -0.2) is 47.1 Å². The first-order valence-corrected chi connectivity index (χ1v) is 11.1. The van der Waals surface area contributed by atoms with Gasteiger partial charge >= 0.3 is 0 Å². The Bertz CT molecular complexity index is 935. The van der Waals surface area contributed by atoms with Crippen LogP contribution in [0.4, 0.5) is 0 Å². The van der Waals surface area contributed by atoms with Crippen molar-refractivity contribution in [3.8, 4) is 0 Å². The van der Waals surface area contributed by atoms with E-state index < -0.39 is 0 Å². The number of nitrogens with one attached hydrogen (secondary N) is 1. The van der Waals surface area contributed by atoms with Gasteiger partial charge in [0.05, 0.1) is 11.5 Å². The van der Waals surface area contributed by atoms with Crippen molar-refractivity contribution in [3.63, 3.8) is 0 Å². The number of H-pyrrole nitrogens is 1. The molecule has 3 atom stereocenters. The molecule has 1 aliphatic carbocycles. The number of carbonyl (C=O) groups excluding carboxylic acids is 1. The van der Waals surface area contributed by atoms with Crippen LogP contribution in [0.1, 0.15) is 60.7 Å². The molecule has 2 aliphatic rings. The minimum absolute atomic E-state index is 0.0551. The minimum Gasteiger partial charge on any atom is -0.381 e. The van der Waals surface area contributed by atoms with Crippen LogP contribution in [0.5, 0.6) is 0 Å². The lowest BCUT2D eigenvalue weighted by Crippen LogP contribution is -2.44. The van der Waals surface area contributed by atoms with Crippen molar-refractivity contribution in [2.75, 3.05) is 20.2 Å². The van der Waals surface area contributed by atoms with Crippen molar-refractivity contribution in [2.24, 2.45) is 5.92 Å². The average molecular weight is 404 g/mol. The smallest absolute Gasteiger partial charge is 0.259 e. The maximum Gasteiger partial charge on any atom is 0.259 e. The first-order chi connectivity index (χ1) is 13.5. The number of ether oxygens (including phenoxy) is 1. The van der Waals surface area contributed by atoms with E-state index in [2.05, 4.69) is 4.98 Å². The summed E-state index contributed by atoms with van der Waals surface area (Å²) >= 11 is 1.58. The summed E-state index contributed by atoms with van der Waals surface area (Å²) in [6, 6.07) is 0. The molecule has 1 amide bonds. The predicted molar refractivity (Wildman–Crippen MR) is 111 cm³/mol. The molecule has 1 N–H and O–H groups in total. The number of hydrogen-bond acceptors (Lipinski definition) is 5. The van der Waals surface area contributed by atoms with E-state index in [9.17, 15) is 9.59 Å². The first kappa shape index (κ1) is 19.6. The van der Waals surface area contributed by atoms with Gasteiger partial charge in [0.25, 0.3) is 5.56 Å². The number of rotatable bonds is 3. The normalized spacial score (nSPS) is 26.0. The number of thiophene rings is 1. The maximum absolute atomic E-state index is 13.1. The zero-order valence-electron chi connectivity index (χ0n) is 16.9. The van der Waals surface area contributed by atoms with Crippen molar-refractivity contribution in [2.45, 2.75) is 64.4 Å². The Morgan fingerprint density at radius 1 is 1.25 bits per heavy atom. The van der Waals surface area contributed by atoms with Crippen molar-refractivity contribution < 1.29 is 9.53 Å². The second kappa shape index (κ2) is 7.95. The Labute approximate surface area is 169 Å². The van der Waals surface area contributed by atoms with Gasteiger partial charge in [-0.2, -0.15) is 0 Å². The molecule has 1 saturated heterocycles. The summed E-state index contributed by atoms with van der Waals surface area (Å²) in [5.41, 5.74) is 0.964. The van der Waals surface area contributed by atoms with Crippen molar-refractivity contribution in [1.29, 1.82) is 0 Å². The van der Waals surface area contributed by atoms with E-state index in [1.54, 1.807) is 18.4 Å². The van der Waals surface area contributed by atoms with Crippen LogP contribution in [0, 0.1) is 19.8 Å². The van der Waals surface area contributed by atoms with Crippen LogP contribution < -0.4 is 5.56 Å². The topological polar surface area (TPSA) is 75.3 Å². The average Bonchev–Trinajstić information content (AvgIpc) is 3.01. The summed E-state index contributed by atoms with van der Waals surface area (Å²) < 4.78 is 5.50. The number of methoxy groups -OCH3 is 1. The van der Waals surface area contributed by atoms with E-state index in [1.165, 1.54) is 0 Å². The van der Waals surface area contributed by atoms with Gasteiger partial charge in [0, 0.05) is 36.9 Å². The quantitative estimate of drug-likeness (QED) is 0.851. The van der Waals surface area contributed by atoms with E-state index >= 15 is 0 Å². The Kier molecular flexibility index (Phi) is 5.56. The van der Waals surface area contributed by atoms with Gasteiger partial charge in [-0.15, -0.1) is 11.3 Å². The summed E-state index contributed by atoms with van der Waals surface area (Å²) in [5, 5.41) is 0.711. The Morgan fingerprint density at radius 3 is 2.86 bits per heavy atom. The number of fused-ring (bicyclic) bond motifs is 1. The van der Waals surface area contributed by atoms with Crippen LogP contribution in [0.25, 0.3) is 10.2 Å². The van der Waals surface area contributed by atoms with E-state index in [4.69, 9.17) is 9.72 Å². The molecule has 2 aromatic heterocycles. The molecule has 0 aromatic carbocycles. The van der Waals surface area contributed by atoms with Gasteiger partial charge in [-0.1, -0.05) is 6.42 Å². The summed E-state index contributed by atoms with van der Waals surface area (Å²) in [6.45, 7) is 5.44. The molecular formula is C21H29N3O3S. The lowest BCUT2D eigenvalue weighted by atomic mass is 9.85. The van der Waals surface area contributed by atoms with Crippen molar-refractivity contribution in [1.82, 2.24) is 14.9 Å². The number of amides is 1. The van der Waals surface area contributed by atoms with Crippen molar-refractivity contribution >= 4 is 27.5 Å². The molecule has 1 saturated carbocycles. The molecule has 28 heavy (non-hydrogen) atoms. The third-order valence-corrected chi connectivity index (χ3v) is 7.59. The molecule has 0 bridgehead atoms. The lowest BCUT2D eigenvalue weighted by molar-refractivity contribution is -0.139. The highest BCUT2D eigenvalue weighted by Crippen LogP contribution is 2.32. The number of aryl methyl sites for hydroxylation is 2. The van der Waals surface area contributed by atoms with Crippen LogP contribution >= 0.6 is 11.3 Å². The molecule has 6 nitrogen and oxygen atoms in total. The van der Waals surface area contributed by atoms with Gasteiger partial charge < -0.3 is 14.6 Å². The zero-order chi connectivity index (χ0) is 19.8. The van der Waals surface area contributed by atoms with Crippen molar-refractivity contribution in [3.05, 3.63) is 26.6 Å². The molecule has 3 heterocycles. The number of nitrogens with zero attached hydrogens (tertiary/aromatic N) is 2.